The fourth-order valence-electron chi connectivity index (χ4n) is 3.31. The number of carbonyl (C=O) groups is 2. The largest absolute Gasteiger partial charge is 0.341 e. The fourth-order valence-corrected chi connectivity index (χ4v) is 3.31. The molecule has 0 aliphatic carbocycles. The zero-order chi connectivity index (χ0) is 16.8. The highest BCUT2D eigenvalue weighted by molar-refractivity contribution is 5.78. The molecule has 0 saturated carbocycles. The van der Waals surface area contributed by atoms with Crippen LogP contribution in [-0.2, 0) is 17.8 Å². The predicted octanol–water partition coefficient (Wildman–Crippen LogP) is 0.966. The summed E-state index contributed by atoms with van der Waals surface area (Å²) in [6, 6.07) is 8.17. The fraction of sp³-hybridized carbons (Fsp3) is 0.556. The van der Waals surface area contributed by atoms with Crippen molar-refractivity contribution < 1.29 is 9.59 Å². The van der Waals surface area contributed by atoms with Gasteiger partial charge in [0, 0.05) is 45.7 Å². The van der Waals surface area contributed by atoms with Crippen molar-refractivity contribution in [2.45, 2.75) is 25.8 Å². The molecule has 1 fully saturated rings. The Morgan fingerprint density at radius 2 is 1.88 bits per heavy atom. The molecule has 2 heterocycles. The first-order valence-electron chi connectivity index (χ1n) is 8.82. The van der Waals surface area contributed by atoms with Crippen LogP contribution in [0.5, 0.6) is 0 Å². The minimum atomic E-state index is -0.0742. The highest BCUT2D eigenvalue weighted by Gasteiger charge is 2.20. The summed E-state index contributed by atoms with van der Waals surface area (Å²) in [5, 5.41) is 6.18. The van der Waals surface area contributed by atoms with Crippen LogP contribution in [0.4, 0.5) is 4.79 Å². The average molecular weight is 330 g/mol. The second-order valence-electron chi connectivity index (χ2n) is 6.41. The van der Waals surface area contributed by atoms with Gasteiger partial charge in [-0.15, -0.1) is 0 Å². The Morgan fingerprint density at radius 1 is 1.04 bits per heavy atom. The zero-order valence-electron chi connectivity index (χ0n) is 14.1. The van der Waals surface area contributed by atoms with Gasteiger partial charge in [0.25, 0.3) is 0 Å². The van der Waals surface area contributed by atoms with E-state index in [0.29, 0.717) is 19.5 Å². The maximum atomic E-state index is 12.3. The highest BCUT2D eigenvalue weighted by Crippen LogP contribution is 2.18. The van der Waals surface area contributed by atoms with Crippen molar-refractivity contribution >= 4 is 11.9 Å². The van der Waals surface area contributed by atoms with Gasteiger partial charge in [0.05, 0.1) is 0 Å². The molecule has 1 saturated heterocycles. The van der Waals surface area contributed by atoms with Gasteiger partial charge >= 0.3 is 6.03 Å². The van der Waals surface area contributed by atoms with Crippen molar-refractivity contribution in [2.75, 3.05) is 39.3 Å². The first-order valence-corrected chi connectivity index (χ1v) is 8.82. The zero-order valence-corrected chi connectivity index (χ0v) is 14.1. The van der Waals surface area contributed by atoms with E-state index < -0.39 is 0 Å². The molecule has 3 rings (SSSR count). The minimum absolute atomic E-state index is 0.0742. The summed E-state index contributed by atoms with van der Waals surface area (Å²) in [5.74, 6) is 0.128. The van der Waals surface area contributed by atoms with Gasteiger partial charge in [-0.2, -0.15) is 0 Å². The van der Waals surface area contributed by atoms with Crippen molar-refractivity contribution in [1.29, 1.82) is 0 Å². The van der Waals surface area contributed by atoms with Crippen molar-refractivity contribution in [1.82, 2.24) is 20.4 Å². The van der Waals surface area contributed by atoms with E-state index in [9.17, 15) is 9.59 Å². The molecular formula is C18H26N4O2. The van der Waals surface area contributed by atoms with Crippen LogP contribution in [-0.4, -0.2) is 61.0 Å². The maximum absolute atomic E-state index is 12.3. The lowest BCUT2D eigenvalue weighted by Crippen LogP contribution is -2.44. The molecule has 24 heavy (non-hydrogen) atoms. The molecule has 0 radical (unpaired) electrons. The molecule has 3 amide bonds. The molecule has 2 aliphatic heterocycles. The number of nitrogens with one attached hydrogen (secondary N) is 2. The lowest BCUT2D eigenvalue weighted by atomic mass is 10.0. The summed E-state index contributed by atoms with van der Waals surface area (Å²) in [6.07, 6.45) is 2.25. The Labute approximate surface area is 143 Å². The number of nitrogens with zero attached hydrogens (tertiary/aromatic N) is 2. The molecule has 0 unspecified atom stereocenters. The van der Waals surface area contributed by atoms with E-state index in [1.54, 1.807) is 0 Å². The van der Waals surface area contributed by atoms with Gasteiger partial charge in [-0.25, -0.2) is 4.79 Å². The SMILES string of the molecule is O=C(CCNC(=O)N1CCc2ccccc2C1)N1CCCNCC1. The normalized spacial score (nSPS) is 17.8. The van der Waals surface area contributed by atoms with Crippen LogP contribution in [0, 0.1) is 0 Å². The number of benzene rings is 1. The van der Waals surface area contributed by atoms with E-state index in [1.165, 1.54) is 11.1 Å². The monoisotopic (exact) mass is 330 g/mol. The quantitative estimate of drug-likeness (QED) is 0.868. The molecule has 0 aromatic heterocycles. The third-order valence-electron chi connectivity index (χ3n) is 4.73. The summed E-state index contributed by atoms with van der Waals surface area (Å²) in [4.78, 5) is 28.2. The standard InChI is InChI=1S/C18H26N4O2/c23-17(21-11-3-8-19-10-13-21)6-9-20-18(24)22-12-7-15-4-1-2-5-16(15)14-22/h1-2,4-5,19H,3,6-14H2,(H,20,24). The number of fused-ring (bicyclic) bond motifs is 1. The molecule has 1 aromatic rings. The van der Waals surface area contributed by atoms with Crippen LogP contribution in [0.3, 0.4) is 0 Å². The third-order valence-corrected chi connectivity index (χ3v) is 4.73. The third kappa shape index (κ3) is 4.26. The summed E-state index contributed by atoms with van der Waals surface area (Å²) >= 11 is 0. The molecule has 6 nitrogen and oxygen atoms in total. The van der Waals surface area contributed by atoms with Gasteiger partial charge < -0.3 is 20.4 Å². The summed E-state index contributed by atoms with van der Waals surface area (Å²) in [5.41, 5.74) is 2.54. The van der Waals surface area contributed by atoms with Gasteiger partial charge in [-0.3, -0.25) is 4.79 Å². The average Bonchev–Trinajstić information content (AvgIpc) is 2.90. The number of hydrogen-bond donors (Lipinski definition) is 2. The van der Waals surface area contributed by atoms with E-state index in [1.807, 2.05) is 21.9 Å². The van der Waals surface area contributed by atoms with Gasteiger partial charge in [0.1, 0.15) is 0 Å². The highest BCUT2D eigenvalue weighted by atomic mass is 16.2. The molecule has 0 bridgehead atoms. The molecule has 6 heteroatoms. The Bertz CT molecular complexity index is 582. The van der Waals surface area contributed by atoms with Crippen molar-refractivity contribution in [3.63, 3.8) is 0 Å². The van der Waals surface area contributed by atoms with Crippen LogP contribution >= 0.6 is 0 Å². The van der Waals surface area contributed by atoms with Crippen molar-refractivity contribution in [2.24, 2.45) is 0 Å². The number of amides is 3. The van der Waals surface area contributed by atoms with Crippen molar-refractivity contribution in [3.8, 4) is 0 Å². The van der Waals surface area contributed by atoms with Crippen LogP contribution in [0.2, 0.25) is 0 Å². The molecule has 0 spiro atoms. The lowest BCUT2D eigenvalue weighted by molar-refractivity contribution is -0.130. The van der Waals surface area contributed by atoms with E-state index in [0.717, 1.165) is 45.6 Å². The maximum Gasteiger partial charge on any atom is 0.317 e. The topological polar surface area (TPSA) is 64.7 Å². The van der Waals surface area contributed by atoms with Crippen LogP contribution < -0.4 is 10.6 Å². The Hall–Kier alpha value is -2.08. The van der Waals surface area contributed by atoms with E-state index in [-0.39, 0.29) is 11.9 Å². The Morgan fingerprint density at radius 3 is 2.75 bits per heavy atom. The number of carbonyl (C=O) groups excluding carboxylic acids is 2. The van der Waals surface area contributed by atoms with Gasteiger partial charge in [-0.05, 0) is 30.5 Å². The Balaban J connectivity index is 1.42. The smallest absolute Gasteiger partial charge is 0.317 e. The number of rotatable bonds is 3. The minimum Gasteiger partial charge on any atom is -0.341 e. The number of urea groups is 1. The second-order valence-corrected chi connectivity index (χ2v) is 6.41. The van der Waals surface area contributed by atoms with E-state index >= 15 is 0 Å². The van der Waals surface area contributed by atoms with Crippen LogP contribution in [0.15, 0.2) is 24.3 Å². The van der Waals surface area contributed by atoms with Gasteiger partial charge in [-0.1, -0.05) is 24.3 Å². The molecular weight excluding hydrogens is 304 g/mol. The predicted molar refractivity (Wildman–Crippen MR) is 92.6 cm³/mol. The van der Waals surface area contributed by atoms with Crippen LogP contribution in [0.1, 0.15) is 24.0 Å². The van der Waals surface area contributed by atoms with Gasteiger partial charge in [0.2, 0.25) is 5.91 Å². The van der Waals surface area contributed by atoms with E-state index in [4.69, 9.17) is 0 Å². The second kappa shape index (κ2) is 8.15. The molecule has 130 valence electrons. The lowest BCUT2D eigenvalue weighted by Gasteiger charge is -2.29. The van der Waals surface area contributed by atoms with Crippen molar-refractivity contribution in [3.05, 3.63) is 35.4 Å². The van der Waals surface area contributed by atoms with E-state index in [2.05, 4.69) is 22.8 Å². The summed E-state index contributed by atoms with van der Waals surface area (Å²) in [7, 11) is 0. The molecule has 0 atom stereocenters. The van der Waals surface area contributed by atoms with Crippen LogP contribution in [0.25, 0.3) is 0 Å². The van der Waals surface area contributed by atoms with Gasteiger partial charge in [0.15, 0.2) is 0 Å². The molecule has 2 N–H and O–H groups in total. The summed E-state index contributed by atoms with van der Waals surface area (Å²) < 4.78 is 0. The first kappa shape index (κ1) is 16.8. The molecule has 1 aromatic carbocycles. The number of hydrogen-bond acceptors (Lipinski definition) is 3. The first-order chi connectivity index (χ1) is 11.7. The Kier molecular flexibility index (Phi) is 5.69. The summed E-state index contributed by atoms with van der Waals surface area (Å²) in [6.45, 7) is 5.17. The molecule has 2 aliphatic rings.